The van der Waals surface area contributed by atoms with Crippen LogP contribution in [0.3, 0.4) is 0 Å². The molecule has 1 amide bonds. The minimum absolute atomic E-state index is 0.0923. The maximum Gasteiger partial charge on any atom is 0.264 e. The first kappa shape index (κ1) is 27.4. The first-order valence-electron chi connectivity index (χ1n) is 11.8. The summed E-state index contributed by atoms with van der Waals surface area (Å²) in [5.74, 6) is 0.936. The number of carbonyl (C=O) groups excluding carboxylic acids is 1. The van der Waals surface area contributed by atoms with Gasteiger partial charge in [-0.15, -0.1) is 0 Å². The van der Waals surface area contributed by atoms with Gasteiger partial charge in [0.05, 0.1) is 24.8 Å². The molecule has 0 saturated carbocycles. The summed E-state index contributed by atoms with van der Waals surface area (Å²) in [6.07, 6.45) is 0. The zero-order valence-corrected chi connectivity index (χ0v) is 23.5. The monoisotopic (exact) mass is 554 g/mol. The molecule has 38 heavy (non-hydrogen) atoms. The van der Waals surface area contributed by atoms with Crippen LogP contribution in [0.15, 0.2) is 71.6 Å². The van der Waals surface area contributed by atoms with E-state index in [1.807, 2.05) is 25.1 Å². The molecular formula is C27H30N4O5S2. The number of carbonyl (C=O) groups is 1. The quantitative estimate of drug-likeness (QED) is 0.288. The lowest BCUT2D eigenvalue weighted by Crippen LogP contribution is -2.36. The predicted octanol–water partition coefficient (Wildman–Crippen LogP) is 4.35. The number of fused-ring (bicyclic) bond motifs is 1. The molecule has 0 radical (unpaired) electrons. The number of nitrogens with zero attached hydrogens (tertiary/aromatic N) is 4. The van der Waals surface area contributed by atoms with Crippen LogP contribution in [-0.2, 0) is 10.0 Å². The van der Waals surface area contributed by atoms with Gasteiger partial charge in [0, 0.05) is 25.7 Å². The highest BCUT2D eigenvalue weighted by molar-refractivity contribution is 7.92. The summed E-state index contributed by atoms with van der Waals surface area (Å²) in [5.41, 5.74) is 1.51. The topological polar surface area (TPSA) is 92.3 Å². The Morgan fingerprint density at radius 3 is 2.11 bits per heavy atom. The molecule has 0 atom stereocenters. The van der Waals surface area contributed by atoms with Crippen LogP contribution in [0.4, 0.5) is 10.8 Å². The summed E-state index contributed by atoms with van der Waals surface area (Å²) < 4.78 is 39.3. The van der Waals surface area contributed by atoms with E-state index in [1.54, 1.807) is 55.5 Å². The van der Waals surface area contributed by atoms with Gasteiger partial charge in [-0.25, -0.2) is 13.4 Å². The summed E-state index contributed by atoms with van der Waals surface area (Å²) in [4.78, 5) is 22.1. The fourth-order valence-electron chi connectivity index (χ4n) is 3.83. The summed E-state index contributed by atoms with van der Waals surface area (Å²) in [7, 11) is 4.71. The molecule has 0 spiro atoms. The molecule has 4 rings (SSSR count). The molecule has 9 nitrogen and oxygen atoms in total. The van der Waals surface area contributed by atoms with E-state index < -0.39 is 10.0 Å². The van der Waals surface area contributed by atoms with Gasteiger partial charge in [0.2, 0.25) is 0 Å². The van der Waals surface area contributed by atoms with Crippen molar-refractivity contribution < 1.29 is 22.7 Å². The Morgan fingerprint density at radius 1 is 0.868 bits per heavy atom. The van der Waals surface area contributed by atoms with Gasteiger partial charge >= 0.3 is 0 Å². The Labute approximate surface area is 226 Å². The average Bonchev–Trinajstić information content (AvgIpc) is 3.37. The van der Waals surface area contributed by atoms with Crippen molar-refractivity contribution in [3.05, 3.63) is 72.3 Å². The molecule has 0 fully saturated rings. The van der Waals surface area contributed by atoms with Crippen LogP contribution in [0.1, 0.15) is 10.4 Å². The number of hydrogen-bond acceptors (Lipinski definition) is 8. The minimum atomic E-state index is -3.80. The number of anilines is 2. The van der Waals surface area contributed by atoms with Crippen LogP contribution in [0, 0.1) is 0 Å². The van der Waals surface area contributed by atoms with Crippen molar-refractivity contribution >= 4 is 48.3 Å². The SMILES string of the molecule is COc1ccc(OC)c2sc(N(CCN(C)C)C(=O)c3ccc(S(=O)(=O)N(C)c4ccccc4)cc3)nc12. The van der Waals surface area contributed by atoms with Crippen LogP contribution in [0.25, 0.3) is 10.2 Å². The molecule has 1 aromatic heterocycles. The van der Waals surface area contributed by atoms with E-state index in [0.717, 1.165) is 4.70 Å². The van der Waals surface area contributed by atoms with E-state index in [1.165, 1.54) is 47.0 Å². The second-order valence-electron chi connectivity index (χ2n) is 8.74. The highest BCUT2D eigenvalue weighted by atomic mass is 32.2. The molecule has 3 aromatic carbocycles. The lowest BCUT2D eigenvalue weighted by Gasteiger charge is -2.22. The van der Waals surface area contributed by atoms with Crippen LogP contribution in [0.5, 0.6) is 11.5 Å². The largest absolute Gasteiger partial charge is 0.495 e. The Morgan fingerprint density at radius 2 is 1.50 bits per heavy atom. The van der Waals surface area contributed by atoms with Crippen molar-refractivity contribution in [1.82, 2.24) is 9.88 Å². The second-order valence-corrected chi connectivity index (χ2v) is 11.7. The van der Waals surface area contributed by atoms with E-state index >= 15 is 0 Å². The standard InChI is InChI=1S/C27H30N4O5S2/c1-29(2)17-18-31(27-28-24-22(35-4)15-16-23(36-5)25(24)37-27)26(32)19-11-13-21(14-12-19)38(33,34)30(3)20-9-7-6-8-10-20/h6-16H,17-18H2,1-5H3. The Kier molecular flexibility index (Phi) is 8.20. The first-order valence-corrected chi connectivity index (χ1v) is 14.0. The van der Waals surface area contributed by atoms with Crippen molar-refractivity contribution in [3.8, 4) is 11.5 Å². The van der Waals surface area contributed by atoms with Crippen LogP contribution >= 0.6 is 11.3 Å². The molecule has 1 heterocycles. The number of aromatic nitrogens is 1. The van der Waals surface area contributed by atoms with Gasteiger partial charge < -0.3 is 14.4 Å². The fraction of sp³-hybridized carbons (Fsp3) is 0.259. The van der Waals surface area contributed by atoms with Crippen molar-refractivity contribution in [1.29, 1.82) is 0 Å². The summed E-state index contributed by atoms with van der Waals surface area (Å²) >= 11 is 1.34. The molecule has 0 N–H and O–H groups in total. The number of benzene rings is 3. The number of sulfonamides is 1. The van der Waals surface area contributed by atoms with Crippen LogP contribution < -0.4 is 18.7 Å². The maximum atomic E-state index is 13.7. The highest BCUT2D eigenvalue weighted by Gasteiger charge is 2.26. The fourth-order valence-corrected chi connectivity index (χ4v) is 6.13. The van der Waals surface area contributed by atoms with Gasteiger partial charge in [0.1, 0.15) is 21.7 Å². The van der Waals surface area contributed by atoms with Gasteiger partial charge in [-0.05, 0) is 62.6 Å². The summed E-state index contributed by atoms with van der Waals surface area (Å²) in [5, 5.41) is 0.496. The molecule has 0 bridgehead atoms. The van der Waals surface area contributed by atoms with Crippen LogP contribution in [0.2, 0.25) is 0 Å². The van der Waals surface area contributed by atoms with E-state index in [-0.39, 0.29) is 10.8 Å². The van der Waals surface area contributed by atoms with Gasteiger partial charge in [0.25, 0.3) is 15.9 Å². The van der Waals surface area contributed by atoms with Crippen LogP contribution in [-0.4, -0.2) is 72.7 Å². The smallest absolute Gasteiger partial charge is 0.264 e. The van der Waals surface area contributed by atoms with Gasteiger partial charge in [-0.3, -0.25) is 14.0 Å². The van der Waals surface area contributed by atoms with E-state index in [9.17, 15) is 13.2 Å². The Balaban J connectivity index is 1.68. The Bertz CT molecular complexity index is 1480. The molecule has 0 aliphatic rings. The third-order valence-electron chi connectivity index (χ3n) is 6.03. The van der Waals surface area contributed by atoms with Gasteiger partial charge in [-0.2, -0.15) is 0 Å². The third kappa shape index (κ3) is 5.45. The predicted molar refractivity (Wildman–Crippen MR) is 151 cm³/mol. The number of rotatable bonds is 10. The van der Waals surface area contributed by atoms with Crippen molar-refractivity contribution in [2.75, 3.05) is 57.7 Å². The average molecular weight is 555 g/mol. The molecule has 0 saturated heterocycles. The molecule has 0 aliphatic carbocycles. The first-order chi connectivity index (χ1) is 18.2. The second kappa shape index (κ2) is 11.4. The normalized spacial score (nSPS) is 11.5. The third-order valence-corrected chi connectivity index (χ3v) is 8.92. The number of hydrogen-bond donors (Lipinski definition) is 0. The van der Waals surface area contributed by atoms with Crippen molar-refractivity contribution in [3.63, 3.8) is 0 Å². The number of likely N-dealkylation sites (N-methyl/N-ethyl adjacent to an activating group) is 1. The van der Waals surface area contributed by atoms with Gasteiger partial charge in [0.15, 0.2) is 5.13 Å². The lowest BCUT2D eigenvalue weighted by molar-refractivity contribution is 0.0985. The van der Waals surface area contributed by atoms with Crippen molar-refractivity contribution in [2.45, 2.75) is 4.90 Å². The summed E-state index contributed by atoms with van der Waals surface area (Å²) in [6, 6.07) is 18.4. The molecule has 200 valence electrons. The number of para-hydroxylation sites is 1. The van der Waals surface area contributed by atoms with Crippen molar-refractivity contribution in [2.24, 2.45) is 0 Å². The van der Waals surface area contributed by atoms with E-state index in [0.29, 0.717) is 46.5 Å². The number of thiazole rings is 1. The highest BCUT2D eigenvalue weighted by Crippen LogP contribution is 2.40. The number of ether oxygens (including phenoxy) is 2. The Hall–Kier alpha value is -3.67. The summed E-state index contributed by atoms with van der Waals surface area (Å²) in [6.45, 7) is 0.983. The van der Waals surface area contributed by atoms with E-state index in [2.05, 4.69) is 0 Å². The zero-order chi connectivity index (χ0) is 27.4. The lowest BCUT2D eigenvalue weighted by atomic mass is 10.2. The maximum absolute atomic E-state index is 13.7. The molecule has 4 aromatic rings. The molecular weight excluding hydrogens is 524 g/mol. The minimum Gasteiger partial charge on any atom is -0.495 e. The molecule has 0 unspecified atom stereocenters. The molecule has 0 aliphatic heterocycles. The number of methoxy groups -OCH3 is 2. The van der Waals surface area contributed by atoms with Gasteiger partial charge in [-0.1, -0.05) is 29.5 Å². The molecule has 11 heteroatoms. The zero-order valence-electron chi connectivity index (χ0n) is 21.9. The number of amides is 1. The van der Waals surface area contributed by atoms with E-state index in [4.69, 9.17) is 14.5 Å².